The summed E-state index contributed by atoms with van der Waals surface area (Å²) >= 11 is 12.3. The van der Waals surface area contributed by atoms with Crippen LogP contribution in [0.4, 0.5) is 0 Å². The second-order valence-corrected chi connectivity index (χ2v) is 6.13. The molecule has 0 aliphatic carbocycles. The third-order valence-electron chi connectivity index (χ3n) is 3.67. The summed E-state index contributed by atoms with van der Waals surface area (Å²) in [6.07, 6.45) is 6.20. The van der Waals surface area contributed by atoms with Crippen molar-refractivity contribution in [3.63, 3.8) is 0 Å². The van der Waals surface area contributed by atoms with Gasteiger partial charge in [-0.1, -0.05) is 43.0 Å². The summed E-state index contributed by atoms with van der Waals surface area (Å²) in [5, 5.41) is 11.2. The fourth-order valence-electron chi connectivity index (χ4n) is 2.56. The van der Waals surface area contributed by atoms with Gasteiger partial charge in [-0.25, -0.2) is 4.98 Å². The minimum Gasteiger partial charge on any atom is -0.480 e. The second kappa shape index (κ2) is 6.72. The van der Waals surface area contributed by atoms with E-state index < -0.39 is 0 Å². The maximum Gasteiger partial charge on any atom is 0.296 e. The van der Waals surface area contributed by atoms with Crippen LogP contribution in [0.25, 0.3) is 22.4 Å². The normalized spacial score (nSPS) is 11.3. The Morgan fingerprint density at radius 1 is 1.13 bits per heavy atom. The number of hydrogen-bond donors (Lipinski definition) is 1. The number of unbranched alkanes of at least 4 members (excludes halogenated alkanes) is 2. The van der Waals surface area contributed by atoms with Gasteiger partial charge < -0.3 is 5.11 Å². The molecule has 23 heavy (non-hydrogen) atoms. The van der Waals surface area contributed by atoms with E-state index in [1.165, 1.54) is 6.20 Å². The Morgan fingerprint density at radius 2 is 1.96 bits per heavy atom. The van der Waals surface area contributed by atoms with E-state index in [2.05, 4.69) is 21.9 Å². The van der Waals surface area contributed by atoms with Crippen molar-refractivity contribution in [2.75, 3.05) is 0 Å². The van der Waals surface area contributed by atoms with Crippen molar-refractivity contribution in [3.8, 4) is 17.3 Å². The van der Waals surface area contributed by atoms with Gasteiger partial charge >= 0.3 is 0 Å². The highest BCUT2D eigenvalue weighted by Gasteiger charge is 2.19. The summed E-state index contributed by atoms with van der Waals surface area (Å²) in [6, 6.07) is 3.49. The number of rotatable bonds is 5. The first kappa shape index (κ1) is 16.0. The molecule has 0 amide bonds. The molecule has 0 aliphatic rings. The Kier molecular flexibility index (Phi) is 4.68. The fraction of sp³-hybridized carbons (Fsp3) is 0.312. The topological polar surface area (TPSA) is 63.8 Å². The lowest BCUT2D eigenvalue weighted by molar-refractivity contribution is 0.397. The molecule has 7 heteroatoms. The van der Waals surface area contributed by atoms with Crippen LogP contribution in [-0.2, 0) is 6.54 Å². The van der Waals surface area contributed by atoms with Gasteiger partial charge in [0, 0.05) is 24.5 Å². The molecule has 120 valence electrons. The van der Waals surface area contributed by atoms with E-state index in [4.69, 9.17) is 23.2 Å². The van der Waals surface area contributed by atoms with Gasteiger partial charge in [-0.15, -0.1) is 0 Å². The molecule has 0 aromatic carbocycles. The number of nitrogens with zero attached hydrogens (tertiary/aromatic N) is 4. The number of halogens is 2. The summed E-state index contributed by atoms with van der Waals surface area (Å²) in [5.74, 6) is 0. The summed E-state index contributed by atoms with van der Waals surface area (Å²) < 4.78 is 1.75. The highest BCUT2D eigenvalue weighted by atomic mass is 35.5. The van der Waals surface area contributed by atoms with Crippen molar-refractivity contribution >= 4 is 34.4 Å². The van der Waals surface area contributed by atoms with Crippen molar-refractivity contribution in [2.45, 2.75) is 32.7 Å². The van der Waals surface area contributed by atoms with Crippen molar-refractivity contribution in [3.05, 3.63) is 34.6 Å². The Morgan fingerprint density at radius 3 is 2.65 bits per heavy atom. The highest BCUT2D eigenvalue weighted by molar-refractivity contribution is 6.34. The van der Waals surface area contributed by atoms with Gasteiger partial charge in [0.05, 0.1) is 15.7 Å². The van der Waals surface area contributed by atoms with E-state index in [0.717, 1.165) is 19.3 Å². The van der Waals surface area contributed by atoms with Crippen LogP contribution in [0.2, 0.25) is 10.0 Å². The zero-order valence-electron chi connectivity index (χ0n) is 12.6. The highest BCUT2D eigenvalue weighted by Crippen LogP contribution is 2.35. The number of aromatic hydroxyl groups is 1. The maximum atomic E-state index is 10.2. The Labute approximate surface area is 143 Å². The van der Waals surface area contributed by atoms with Crippen molar-refractivity contribution in [1.82, 2.24) is 19.5 Å². The molecule has 3 rings (SSSR count). The van der Waals surface area contributed by atoms with Crippen LogP contribution in [-0.4, -0.2) is 24.6 Å². The Bertz CT molecular complexity index is 830. The third kappa shape index (κ3) is 3.12. The van der Waals surface area contributed by atoms with E-state index >= 15 is 0 Å². The number of pyridine rings is 2. The van der Waals surface area contributed by atoms with Gasteiger partial charge in [0.2, 0.25) is 0 Å². The molecule has 0 unspecified atom stereocenters. The van der Waals surface area contributed by atoms with Crippen LogP contribution < -0.4 is 0 Å². The first-order valence-corrected chi connectivity index (χ1v) is 8.23. The standard InChI is InChI=1S/C16H16Cl2N4O/c1-2-3-4-7-22-14-13(12-6-5-10(17)8-19-12)11(18)9-20-15(14)21-16(22)23/h5-6,8-9H,2-4,7H2,1H3,(H,20,21,23). The van der Waals surface area contributed by atoms with Gasteiger partial charge in [-0.2, -0.15) is 4.98 Å². The maximum absolute atomic E-state index is 10.2. The Balaban J connectivity index is 2.19. The minimum atomic E-state index is -0.0546. The molecule has 1 N–H and O–H groups in total. The summed E-state index contributed by atoms with van der Waals surface area (Å²) in [5.41, 5.74) is 2.53. The van der Waals surface area contributed by atoms with Crippen LogP contribution in [0, 0.1) is 0 Å². The van der Waals surface area contributed by atoms with Crippen molar-refractivity contribution in [1.29, 1.82) is 0 Å². The number of fused-ring (bicyclic) bond motifs is 1. The second-order valence-electron chi connectivity index (χ2n) is 5.29. The largest absolute Gasteiger partial charge is 0.480 e. The molecule has 0 bridgehead atoms. The lowest BCUT2D eigenvalue weighted by atomic mass is 10.1. The van der Waals surface area contributed by atoms with Crippen LogP contribution in [0.15, 0.2) is 24.5 Å². The number of hydrogen-bond acceptors (Lipinski definition) is 4. The SMILES string of the molecule is CCCCCn1c(O)nc2ncc(Cl)c(-c3ccc(Cl)cn3)c21. The third-order valence-corrected chi connectivity index (χ3v) is 4.18. The van der Waals surface area contributed by atoms with Gasteiger partial charge in [-0.05, 0) is 18.6 Å². The van der Waals surface area contributed by atoms with E-state index in [1.807, 2.05) is 0 Å². The van der Waals surface area contributed by atoms with Gasteiger partial charge in [-0.3, -0.25) is 9.55 Å². The first-order valence-electron chi connectivity index (χ1n) is 7.47. The summed E-state index contributed by atoms with van der Waals surface area (Å²) in [7, 11) is 0. The summed E-state index contributed by atoms with van der Waals surface area (Å²) in [4.78, 5) is 12.7. The predicted molar refractivity (Wildman–Crippen MR) is 92.0 cm³/mol. The monoisotopic (exact) mass is 350 g/mol. The van der Waals surface area contributed by atoms with E-state index in [-0.39, 0.29) is 6.01 Å². The van der Waals surface area contributed by atoms with E-state index in [0.29, 0.717) is 39.0 Å². The number of aryl methyl sites for hydroxylation is 1. The zero-order chi connectivity index (χ0) is 16.4. The van der Waals surface area contributed by atoms with Gasteiger partial charge in [0.25, 0.3) is 6.01 Å². The smallest absolute Gasteiger partial charge is 0.296 e. The van der Waals surface area contributed by atoms with Gasteiger partial charge in [0.15, 0.2) is 5.65 Å². The molecular formula is C16H16Cl2N4O. The number of aromatic nitrogens is 4. The molecule has 0 aliphatic heterocycles. The van der Waals surface area contributed by atoms with Gasteiger partial charge in [0.1, 0.15) is 5.52 Å². The van der Waals surface area contributed by atoms with Crippen LogP contribution in [0.3, 0.4) is 0 Å². The predicted octanol–water partition coefficient (Wildman–Crippen LogP) is 4.70. The molecule has 0 saturated heterocycles. The number of imidazole rings is 1. The molecule has 0 radical (unpaired) electrons. The van der Waals surface area contributed by atoms with E-state index in [9.17, 15) is 5.11 Å². The molecule has 3 aromatic heterocycles. The Hall–Kier alpha value is -1.85. The average Bonchev–Trinajstić information content (AvgIpc) is 2.85. The fourth-order valence-corrected chi connectivity index (χ4v) is 2.91. The first-order chi connectivity index (χ1) is 11.1. The van der Waals surface area contributed by atoms with E-state index in [1.54, 1.807) is 22.9 Å². The molecule has 0 spiro atoms. The van der Waals surface area contributed by atoms with Crippen molar-refractivity contribution < 1.29 is 5.11 Å². The molecule has 0 atom stereocenters. The average molecular weight is 351 g/mol. The summed E-state index contributed by atoms with van der Waals surface area (Å²) in [6.45, 7) is 2.78. The zero-order valence-corrected chi connectivity index (χ0v) is 14.1. The molecular weight excluding hydrogens is 335 g/mol. The molecule has 0 fully saturated rings. The molecule has 3 heterocycles. The van der Waals surface area contributed by atoms with Crippen LogP contribution >= 0.6 is 23.2 Å². The quantitative estimate of drug-likeness (QED) is 0.677. The lowest BCUT2D eigenvalue weighted by Gasteiger charge is -2.10. The molecule has 0 saturated carbocycles. The molecule has 5 nitrogen and oxygen atoms in total. The van der Waals surface area contributed by atoms with Crippen LogP contribution in [0.5, 0.6) is 6.01 Å². The minimum absolute atomic E-state index is 0.0546. The van der Waals surface area contributed by atoms with Crippen molar-refractivity contribution in [2.24, 2.45) is 0 Å². The lowest BCUT2D eigenvalue weighted by Crippen LogP contribution is -2.00. The molecule has 3 aromatic rings. The van der Waals surface area contributed by atoms with Crippen LogP contribution in [0.1, 0.15) is 26.2 Å².